The third-order valence-corrected chi connectivity index (χ3v) is 3.40. The van der Waals surface area contributed by atoms with Gasteiger partial charge in [-0.25, -0.2) is 0 Å². The van der Waals surface area contributed by atoms with E-state index in [4.69, 9.17) is 29.6 Å². The molecule has 0 saturated carbocycles. The van der Waals surface area contributed by atoms with Gasteiger partial charge >= 0.3 is 0 Å². The molecule has 2 rings (SSSR count). The van der Waals surface area contributed by atoms with Crippen molar-refractivity contribution < 1.29 is 0 Å². The van der Waals surface area contributed by atoms with E-state index < -0.39 is 0 Å². The SMILES string of the molecule is Cn1nccc1CCNc1ccc(C(N)=S)c(Cl)c1. The molecule has 3 N–H and O–H groups in total. The van der Waals surface area contributed by atoms with Gasteiger partial charge < -0.3 is 11.1 Å². The van der Waals surface area contributed by atoms with Gasteiger partial charge in [0.1, 0.15) is 4.99 Å². The number of rotatable bonds is 5. The van der Waals surface area contributed by atoms with Crippen LogP contribution in [0.2, 0.25) is 5.02 Å². The lowest BCUT2D eigenvalue weighted by Gasteiger charge is -2.09. The summed E-state index contributed by atoms with van der Waals surface area (Å²) in [5.41, 5.74) is 8.40. The number of thiocarbonyl (C=S) groups is 1. The highest BCUT2D eigenvalue weighted by molar-refractivity contribution is 7.80. The van der Waals surface area contributed by atoms with Crippen molar-refractivity contribution in [3.63, 3.8) is 0 Å². The standard InChI is InChI=1S/C13H15ClN4S/c1-18-10(5-7-17-18)4-6-16-9-2-3-11(13(15)19)12(14)8-9/h2-3,5,7-8,16H,4,6H2,1H3,(H2,15,19). The average Bonchev–Trinajstić information content (AvgIpc) is 2.75. The summed E-state index contributed by atoms with van der Waals surface area (Å²) >= 11 is 11.0. The van der Waals surface area contributed by atoms with Gasteiger partial charge in [-0.05, 0) is 24.3 Å². The van der Waals surface area contributed by atoms with Gasteiger partial charge in [-0.1, -0.05) is 23.8 Å². The molecule has 0 amide bonds. The van der Waals surface area contributed by atoms with Crippen molar-refractivity contribution >= 4 is 34.5 Å². The van der Waals surface area contributed by atoms with E-state index >= 15 is 0 Å². The maximum atomic E-state index is 6.11. The zero-order valence-electron chi connectivity index (χ0n) is 10.6. The van der Waals surface area contributed by atoms with Crippen molar-refractivity contribution in [2.24, 2.45) is 12.8 Å². The molecule has 0 atom stereocenters. The molecule has 1 aromatic heterocycles. The van der Waals surface area contributed by atoms with Crippen LogP contribution in [0.3, 0.4) is 0 Å². The number of nitrogens with two attached hydrogens (primary N) is 1. The van der Waals surface area contributed by atoms with Gasteiger partial charge in [0.2, 0.25) is 0 Å². The fraction of sp³-hybridized carbons (Fsp3) is 0.231. The number of aromatic nitrogens is 2. The highest BCUT2D eigenvalue weighted by atomic mass is 35.5. The van der Waals surface area contributed by atoms with Crippen LogP contribution in [0.4, 0.5) is 5.69 Å². The summed E-state index contributed by atoms with van der Waals surface area (Å²) in [4.78, 5) is 0.312. The first-order valence-corrected chi connectivity index (χ1v) is 6.66. The minimum absolute atomic E-state index is 0.312. The molecule has 0 bridgehead atoms. The predicted molar refractivity (Wildman–Crippen MR) is 82.7 cm³/mol. The van der Waals surface area contributed by atoms with Crippen molar-refractivity contribution in [1.82, 2.24) is 9.78 Å². The Morgan fingerprint density at radius 3 is 2.84 bits per heavy atom. The molecule has 0 fully saturated rings. The Bertz CT molecular complexity index is 594. The first kappa shape index (κ1) is 13.8. The number of hydrogen-bond donors (Lipinski definition) is 2. The fourth-order valence-corrected chi connectivity index (χ4v) is 2.32. The summed E-state index contributed by atoms with van der Waals surface area (Å²) in [7, 11) is 1.93. The molecule has 1 heterocycles. The quantitative estimate of drug-likeness (QED) is 0.831. The zero-order valence-corrected chi connectivity index (χ0v) is 12.1. The molecule has 0 unspecified atom stereocenters. The van der Waals surface area contributed by atoms with E-state index in [1.807, 2.05) is 36.0 Å². The van der Waals surface area contributed by atoms with E-state index in [-0.39, 0.29) is 0 Å². The molecule has 0 spiro atoms. The van der Waals surface area contributed by atoms with Crippen molar-refractivity contribution in [2.45, 2.75) is 6.42 Å². The average molecular weight is 295 g/mol. The topological polar surface area (TPSA) is 55.9 Å². The first-order chi connectivity index (χ1) is 9.08. The number of halogens is 1. The number of benzene rings is 1. The van der Waals surface area contributed by atoms with Crippen LogP contribution in [0.5, 0.6) is 0 Å². The van der Waals surface area contributed by atoms with E-state index in [1.54, 1.807) is 6.20 Å². The van der Waals surface area contributed by atoms with E-state index in [1.165, 1.54) is 5.69 Å². The van der Waals surface area contributed by atoms with Gasteiger partial charge in [0.25, 0.3) is 0 Å². The Kier molecular flexibility index (Phi) is 4.39. The van der Waals surface area contributed by atoms with E-state index in [0.29, 0.717) is 15.6 Å². The molecule has 0 aliphatic rings. The van der Waals surface area contributed by atoms with Gasteiger partial charge in [0, 0.05) is 43.2 Å². The molecule has 6 heteroatoms. The monoisotopic (exact) mass is 294 g/mol. The van der Waals surface area contributed by atoms with Crippen molar-refractivity contribution in [3.05, 3.63) is 46.7 Å². The van der Waals surface area contributed by atoms with Crippen LogP contribution in [-0.2, 0) is 13.5 Å². The predicted octanol–water partition coefficient (Wildman–Crippen LogP) is 2.36. The lowest BCUT2D eigenvalue weighted by molar-refractivity contribution is 0.711. The lowest BCUT2D eigenvalue weighted by Crippen LogP contribution is -2.11. The van der Waals surface area contributed by atoms with Gasteiger partial charge in [-0.3, -0.25) is 4.68 Å². The molecule has 0 saturated heterocycles. The third-order valence-electron chi connectivity index (χ3n) is 2.87. The molecule has 1 aromatic carbocycles. The summed E-state index contributed by atoms with van der Waals surface area (Å²) in [6.45, 7) is 0.808. The van der Waals surface area contributed by atoms with Crippen LogP contribution in [0, 0.1) is 0 Å². The van der Waals surface area contributed by atoms with Crippen LogP contribution in [-0.4, -0.2) is 21.3 Å². The third kappa shape index (κ3) is 3.45. The number of anilines is 1. The largest absolute Gasteiger partial charge is 0.389 e. The van der Waals surface area contributed by atoms with Crippen LogP contribution in [0.25, 0.3) is 0 Å². The molecule has 4 nitrogen and oxygen atoms in total. The van der Waals surface area contributed by atoms with Crippen LogP contribution in [0.15, 0.2) is 30.5 Å². The number of hydrogen-bond acceptors (Lipinski definition) is 3. The van der Waals surface area contributed by atoms with Gasteiger partial charge in [-0.15, -0.1) is 0 Å². The lowest BCUT2D eigenvalue weighted by atomic mass is 10.2. The summed E-state index contributed by atoms with van der Waals surface area (Å²) in [5, 5.41) is 8.00. The second-order valence-corrected chi connectivity index (χ2v) is 5.03. The molecule has 100 valence electrons. The number of aryl methyl sites for hydroxylation is 1. The zero-order chi connectivity index (χ0) is 13.8. The molecule has 0 aliphatic heterocycles. The number of nitrogens with one attached hydrogen (secondary N) is 1. The van der Waals surface area contributed by atoms with Crippen LogP contribution < -0.4 is 11.1 Å². The molecule has 0 radical (unpaired) electrons. The molecule has 2 aromatic rings. The molecule has 0 aliphatic carbocycles. The fourth-order valence-electron chi connectivity index (χ4n) is 1.81. The minimum Gasteiger partial charge on any atom is -0.389 e. The van der Waals surface area contributed by atoms with Crippen LogP contribution >= 0.6 is 23.8 Å². The van der Waals surface area contributed by atoms with E-state index in [2.05, 4.69) is 10.4 Å². The van der Waals surface area contributed by atoms with Crippen LogP contribution in [0.1, 0.15) is 11.3 Å². The second kappa shape index (κ2) is 6.04. The second-order valence-electron chi connectivity index (χ2n) is 4.18. The Labute approximate surface area is 122 Å². The highest BCUT2D eigenvalue weighted by Gasteiger charge is 2.04. The maximum absolute atomic E-state index is 6.11. The Morgan fingerprint density at radius 1 is 1.47 bits per heavy atom. The highest BCUT2D eigenvalue weighted by Crippen LogP contribution is 2.20. The van der Waals surface area contributed by atoms with Gasteiger partial charge in [0.05, 0.1) is 5.02 Å². The van der Waals surface area contributed by atoms with E-state index in [0.717, 1.165) is 18.7 Å². The minimum atomic E-state index is 0.312. The van der Waals surface area contributed by atoms with Gasteiger partial charge in [-0.2, -0.15) is 5.10 Å². The smallest absolute Gasteiger partial charge is 0.105 e. The first-order valence-electron chi connectivity index (χ1n) is 5.88. The normalized spacial score (nSPS) is 10.4. The summed E-state index contributed by atoms with van der Waals surface area (Å²) < 4.78 is 1.87. The van der Waals surface area contributed by atoms with Crippen molar-refractivity contribution in [3.8, 4) is 0 Å². The Morgan fingerprint density at radius 2 is 2.26 bits per heavy atom. The Balaban J connectivity index is 1.95. The summed E-state index contributed by atoms with van der Waals surface area (Å²) in [5.74, 6) is 0. The van der Waals surface area contributed by atoms with Gasteiger partial charge in [0.15, 0.2) is 0 Å². The molecular weight excluding hydrogens is 280 g/mol. The molecule has 19 heavy (non-hydrogen) atoms. The Hall–Kier alpha value is -1.59. The maximum Gasteiger partial charge on any atom is 0.105 e. The van der Waals surface area contributed by atoms with Crippen molar-refractivity contribution in [2.75, 3.05) is 11.9 Å². The molecular formula is C13H15ClN4S. The number of nitrogens with zero attached hydrogens (tertiary/aromatic N) is 2. The van der Waals surface area contributed by atoms with Crippen molar-refractivity contribution in [1.29, 1.82) is 0 Å². The summed E-state index contributed by atoms with van der Waals surface area (Å²) in [6.07, 6.45) is 2.69. The van der Waals surface area contributed by atoms with E-state index in [9.17, 15) is 0 Å². The summed E-state index contributed by atoms with van der Waals surface area (Å²) in [6, 6.07) is 7.59.